The first-order valence-electron chi connectivity index (χ1n) is 8.76. The molecule has 1 fully saturated rings. The number of esters is 1. The average molecular weight is 431 g/mol. The molecule has 1 saturated heterocycles. The molecule has 1 aliphatic rings. The summed E-state index contributed by atoms with van der Waals surface area (Å²) in [5.74, 6) is -1.57. The number of halogens is 2. The van der Waals surface area contributed by atoms with E-state index in [0.717, 1.165) is 17.3 Å². The van der Waals surface area contributed by atoms with Crippen LogP contribution in [0.3, 0.4) is 0 Å². The normalized spacial score (nSPS) is 17.8. The van der Waals surface area contributed by atoms with Crippen molar-refractivity contribution in [1.29, 1.82) is 5.26 Å². The molecule has 0 saturated carbocycles. The molecule has 29 heavy (non-hydrogen) atoms. The van der Waals surface area contributed by atoms with E-state index in [1.807, 2.05) is 12.1 Å². The lowest BCUT2D eigenvalue weighted by atomic mass is 10.1. The summed E-state index contributed by atoms with van der Waals surface area (Å²) in [5.41, 5.74) is 0.950. The lowest BCUT2D eigenvalue weighted by Crippen LogP contribution is -2.30. The smallest absolute Gasteiger partial charge is 0.351 e. The van der Waals surface area contributed by atoms with E-state index >= 15 is 0 Å². The molecule has 1 heterocycles. The number of hydrogen-bond acceptors (Lipinski definition) is 5. The molecular weight excluding hydrogens is 415 g/mol. The van der Waals surface area contributed by atoms with Crippen molar-refractivity contribution in [2.45, 2.75) is 18.6 Å². The number of rotatable bonds is 5. The molecule has 0 aliphatic carbocycles. The van der Waals surface area contributed by atoms with Crippen LogP contribution in [0.15, 0.2) is 59.1 Å². The van der Waals surface area contributed by atoms with E-state index in [0.29, 0.717) is 17.1 Å². The summed E-state index contributed by atoms with van der Waals surface area (Å²) in [6.45, 7) is 1.72. The van der Waals surface area contributed by atoms with E-state index in [2.05, 4.69) is 0 Å². The Morgan fingerprint density at radius 3 is 2.66 bits per heavy atom. The third kappa shape index (κ3) is 4.61. The number of ether oxygens (including phenoxy) is 1. The molecule has 3 rings (SSSR count). The van der Waals surface area contributed by atoms with Gasteiger partial charge in [0.25, 0.3) is 0 Å². The first-order valence-corrected chi connectivity index (χ1v) is 10.0. The second kappa shape index (κ2) is 9.12. The fraction of sp³-hybridized carbons (Fsp3) is 0.190. The Morgan fingerprint density at radius 2 is 2.03 bits per heavy atom. The van der Waals surface area contributed by atoms with E-state index in [1.165, 1.54) is 29.2 Å². The van der Waals surface area contributed by atoms with Crippen molar-refractivity contribution in [3.8, 4) is 6.07 Å². The Kier molecular flexibility index (Phi) is 6.57. The van der Waals surface area contributed by atoms with Gasteiger partial charge in [-0.05, 0) is 55.3 Å². The van der Waals surface area contributed by atoms with Gasteiger partial charge in [0.15, 0.2) is 5.57 Å². The van der Waals surface area contributed by atoms with Gasteiger partial charge in [-0.3, -0.25) is 9.69 Å². The van der Waals surface area contributed by atoms with Gasteiger partial charge in [0.05, 0.1) is 11.9 Å². The van der Waals surface area contributed by atoms with E-state index in [9.17, 15) is 19.2 Å². The number of anilines is 1. The average Bonchev–Trinajstić information content (AvgIpc) is 2.99. The van der Waals surface area contributed by atoms with Crippen LogP contribution in [-0.4, -0.2) is 23.7 Å². The van der Waals surface area contributed by atoms with Crippen LogP contribution in [0.4, 0.5) is 10.1 Å². The monoisotopic (exact) mass is 430 g/mol. The molecule has 0 spiro atoms. The molecule has 0 N–H and O–H groups in total. The molecule has 1 unspecified atom stereocenters. The summed E-state index contributed by atoms with van der Waals surface area (Å²) in [6.07, 6.45) is 0.354. The number of benzene rings is 2. The number of nitrogens with zero attached hydrogens (tertiary/aromatic N) is 2. The zero-order valence-electron chi connectivity index (χ0n) is 15.4. The number of hydrogen-bond donors (Lipinski definition) is 0. The van der Waals surface area contributed by atoms with Gasteiger partial charge >= 0.3 is 5.97 Å². The maximum Gasteiger partial charge on any atom is 0.351 e. The third-order valence-corrected chi connectivity index (χ3v) is 5.65. The Balaban J connectivity index is 2.03. The highest BCUT2D eigenvalue weighted by Gasteiger charge is 2.41. The molecular formula is C21H16ClFN2O3S. The van der Waals surface area contributed by atoms with Crippen molar-refractivity contribution in [2.24, 2.45) is 0 Å². The minimum Gasteiger partial charge on any atom is -0.462 e. The van der Waals surface area contributed by atoms with Gasteiger partial charge in [-0.2, -0.15) is 5.26 Å². The highest BCUT2D eigenvalue weighted by molar-refractivity contribution is 8.05. The highest BCUT2D eigenvalue weighted by atomic mass is 35.5. The maximum absolute atomic E-state index is 13.4. The standard InChI is InChI=1S/C21H16ClFN2O3S/c1-2-28-21(27)17(12-24)20-25(16-8-6-15(23)7-9-16)19(26)18(29-20)11-13-4-3-5-14(22)10-13/h3-10,18H,2,11H2,1H3/b20-17-. The second-order valence-corrected chi connectivity index (χ2v) is 7.73. The van der Waals surface area contributed by atoms with Gasteiger partial charge < -0.3 is 4.74 Å². The van der Waals surface area contributed by atoms with Crippen LogP contribution in [0.1, 0.15) is 12.5 Å². The number of nitriles is 1. The van der Waals surface area contributed by atoms with E-state index in [-0.39, 0.29) is 23.1 Å². The SMILES string of the molecule is CCOC(=O)/C(C#N)=C1\SC(Cc2cccc(Cl)c2)C(=O)N1c1ccc(F)cc1. The van der Waals surface area contributed by atoms with Gasteiger partial charge in [-0.25, -0.2) is 9.18 Å². The molecule has 5 nitrogen and oxygen atoms in total. The summed E-state index contributed by atoms with van der Waals surface area (Å²) in [4.78, 5) is 26.7. The van der Waals surface area contributed by atoms with E-state index < -0.39 is 17.0 Å². The van der Waals surface area contributed by atoms with Crippen molar-refractivity contribution in [1.82, 2.24) is 0 Å². The Hall–Kier alpha value is -2.82. The van der Waals surface area contributed by atoms with Crippen LogP contribution in [0.25, 0.3) is 0 Å². The molecule has 1 amide bonds. The van der Waals surface area contributed by atoms with Crippen molar-refractivity contribution < 1.29 is 18.7 Å². The third-order valence-electron chi connectivity index (χ3n) is 4.15. The minimum absolute atomic E-state index is 0.0956. The molecule has 148 valence electrons. The van der Waals surface area contributed by atoms with Crippen molar-refractivity contribution >= 4 is 40.9 Å². The van der Waals surface area contributed by atoms with Gasteiger partial charge in [0.2, 0.25) is 5.91 Å². The van der Waals surface area contributed by atoms with Crippen molar-refractivity contribution in [3.63, 3.8) is 0 Å². The largest absolute Gasteiger partial charge is 0.462 e. The van der Waals surface area contributed by atoms with Gasteiger partial charge in [0, 0.05) is 10.7 Å². The van der Waals surface area contributed by atoms with Crippen LogP contribution < -0.4 is 4.90 Å². The summed E-state index contributed by atoms with van der Waals surface area (Å²) in [5, 5.41) is 9.70. The van der Waals surface area contributed by atoms with Gasteiger partial charge in [0.1, 0.15) is 16.9 Å². The van der Waals surface area contributed by atoms with Crippen LogP contribution in [0.2, 0.25) is 5.02 Å². The summed E-state index contributed by atoms with van der Waals surface area (Å²) in [6, 6.07) is 14.3. The van der Waals surface area contributed by atoms with Crippen LogP contribution in [0, 0.1) is 17.1 Å². The molecule has 2 aromatic rings. The topological polar surface area (TPSA) is 70.4 Å². The second-order valence-electron chi connectivity index (χ2n) is 6.10. The predicted molar refractivity (Wildman–Crippen MR) is 110 cm³/mol. The lowest BCUT2D eigenvalue weighted by molar-refractivity contribution is -0.138. The predicted octanol–water partition coefficient (Wildman–Crippen LogP) is 4.47. The van der Waals surface area contributed by atoms with Crippen molar-refractivity contribution in [3.05, 3.63) is 75.5 Å². The van der Waals surface area contributed by atoms with E-state index in [1.54, 1.807) is 25.1 Å². The quantitative estimate of drug-likeness (QED) is 0.397. The fourth-order valence-corrected chi connectivity index (χ4v) is 4.39. The molecule has 0 radical (unpaired) electrons. The summed E-state index contributed by atoms with van der Waals surface area (Å²) in [7, 11) is 0. The molecule has 0 bridgehead atoms. The highest BCUT2D eigenvalue weighted by Crippen LogP contribution is 2.42. The molecule has 2 aromatic carbocycles. The van der Waals surface area contributed by atoms with Crippen LogP contribution in [0.5, 0.6) is 0 Å². The zero-order chi connectivity index (χ0) is 21.0. The van der Waals surface area contributed by atoms with E-state index in [4.69, 9.17) is 16.3 Å². The first-order chi connectivity index (χ1) is 13.9. The number of thioether (sulfide) groups is 1. The Labute approximate surface area is 176 Å². The maximum atomic E-state index is 13.4. The molecule has 1 atom stereocenters. The fourth-order valence-electron chi connectivity index (χ4n) is 2.88. The first kappa shape index (κ1) is 20.9. The van der Waals surface area contributed by atoms with Crippen LogP contribution in [-0.2, 0) is 20.7 Å². The molecule has 1 aliphatic heterocycles. The summed E-state index contributed by atoms with van der Waals surface area (Å²) < 4.78 is 18.3. The Bertz CT molecular complexity index is 1020. The zero-order valence-corrected chi connectivity index (χ0v) is 17.0. The number of amides is 1. The molecule has 0 aromatic heterocycles. The number of carbonyl (C=O) groups excluding carboxylic acids is 2. The van der Waals surface area contributed by atoms with Crippen LogP contribution >= 0.6 is 23.4 Å². The minimum atomic E-state index is -0.805. The summed E-state index contributed by atoms with van der Waals surface area (Å²) >= 11 is 7.14. The van der Waals surface area contributed by atoms with Gasteiger partial charge in [-0.1, -0.05) is 35.5 Å². The number of carbonyl (C=O) groups is 2. The molecule has 8 heteroatoms. The van der Waals surface area contributed by atoms with Gasteiger partial charge in [-0.15, -0.1) is 0 Å². The van der Waals surface area contributed by atoms with Crippen molar-refractivity contribution in [2.75, 3.05) is 11.5 Å². The Morgan fingerprint density at radius 1 is 1.31 bits per heavy atom. The lowest BCUT2D eigenvalue weighted by Gasteiger charge is -2.18.